The lowest BCUT2D eigenvalue weighted by Crippen LogP contribution is -2.01. The van der Waals surface area contributed by atoms with E-state index in [9.17, 15) is 9.90 Å². The van der Waals surface area contributed by atoms with Crippen LogP contribution in [0, 0.1) is 0 Å². The molecular weight excluding hydrogens is 278 g/mol. The van der Waals surface area contributed by atoms with Gasteiger partial charge in [-0.3, -0.25) is 5.10 Å². The van der Waals surface area contributed by atoms with Gasteiger partial charge >= 0.3 is 5.97 Å². The van der Waals surface area contributed by atoms with Gasteiger partial charge in [0.15, 0.2) is 11.5 Å². The second-order valence-corrected chi connectivity index (χ2v) is 4.17. The molecule has 0 atom stereocenters. The van der Waals surface area contributed by atoms with E-state index in [4.69, 9.17) is 14.6 Å². The number of benzene rings is 1. The van der Waals surface area contributed by atoms with Gasteiger partial charge in [0.25, 0.3) is 0 Å². The molecule has 8 nitrogen and oxygen atoms in total. The first-order valence-corrected chi connectivity index (χ1v) is 6.01. The van der Waals surface area contributed by atoms with E-state index in [2.05, 4.69) is 15.5 Å². The highest BCUT2D eigenvalue weighted by molar-refractivity contribution is 5.86. The summed E-state index contributed by atoms with van der Waals surface area (Å²) in [5, 5.41) is 27.8. The molecule has 2 aromatic rings. The number of anilines is 1. The van der Waals surface area contributed by atoms with Gasteiger partial charge in [-0.05, 0) is 17.7 Å². The molecule has 0 amide bonds. The summed E-state index contributed by atoms with van der Waals surface area (Å²) in [6.45, 7) is 0.358. The molecule has 1 aromatic carbocycles. The zero-order valence-corrected chi connectivity index (χ0v) is 11.5. The van der Waals surface area contributed by atoms with Crippen LogP contribution in [-0.2, 0) is 6.54 Å². The van der Waals surface area contributed by atoms with Crippen molar-refractivity contribution in [3.05, 3.63) is 29.5 Å². The Morgan fingerprint density at radius 3 is 2.38 bits per heavy atom. The van der Waals surface area contributed by atoms with E-state index in [0.717, 1.165) is 5.56 Å². The molecule has 0 aliphatic carbocycles. The average Bonchev–Trinajstić information content (AvgIpc) is 2.95. The minimum Gasteiger partial charge on any atom is -0.502 e. The van der Waals surface area contributed by atoms with Gasteiger partial charge in [-0.1, -0.05) is 0 Å². The zero-order valence-electron chi connectivity index (χ0n) is 11.5. The van der Waals surface area contributed by atoms with E-state index < -0.39 is 5.97 Å². The maximum absolute atomic E-state index is 10.7. The predicted octanol–water partition coefficient (Wildman–Crippen LogP) is 1.44. The highest BCUT2D eigenvalue weighted by atomic mass is 16.5. The van der Waals surface area contributed by atoms with Crippen molar-refractivity contribution >= 4 is 11.8 Å². The van der Waals surface area contributed by atoms with Crippen molar-refractivity contribution in [1.29, 1.82) is 0 Å². The van der Waals surface area contributed by atoms with E-state index in [-0.39, 0.29) is 11.4 Å². The van der Waals surface area contributed by atoms with Crippen LogP contribution in [0.15, 0.2) is 18.2 Å². The highest BCUT2D eigenvalue weighted by Crippen LogP contribution is 2.37. The molecule has 0 spiro atoms. The molecule has 0 saturated carbocycles. The van der Waals surface area contributed by atoms with Gasteiger partial charge in [0.05, 0.1) is 14.2 Å². The molecule has 0 fully saturated rings. The van der Waals surface area contributed by atoms with Gasteiger partial charge in [0, 0.05) is 12.6 Å². The number of carboxylic acids is 1. The van der Waals surface area contributed by atoms with E-state index in [1.807, 2.05) is 0 Å². The third-order valence-electron chi connectivity index (χ3n) is 2.82. The maximum Gasteiger partial charge on any atom is 0.353 e. The lowest BCUT2D eigenvalue weighted by molar-refractivity contribution is 0.0690. The number of hydrogen-bond donors (Lipinski definition) is 4. The van der Waals surface area contributed by atoms with Crippen LogP contribution in [0.4, 0.5) is 5.82 Å². The zero-order chi connectivity index (χ0) is 15.4. The molecule has 8 heteroatoms. The number of rotatable bonds is 6. The summed E-state index contributed by atoms with van der Waals surface area (Å²) in [4.78, 5) is 10.7. The number of aromatic hydroxyl groups is 1. The van der Waals surface area contributed by atoms with Gasteiger partial charge in [0.2, 0.25) is 5.75 Å². The normalized spacial score (nSPS) is 10.2. The highest BCUT2D eigenvalue weighted by Gasteiger charge is 2.12. The largest absolute Gasteiger partial charge is 0.502 e. The van der Waals surface area contributed by atoms with Crippen LogP contribution in [0.25, 0.3) is 0 Å². The van der Waals surface area contributed by atoms with Gasteiger partial charge < -0.3 is 25.0 Å². The monoisotopic (exact) mass is 293 g/mol. The van der Waals surface area contributed by atoms with Crippen molar-refractivity contribution in [1.82, 2.24) is 10.2 Å². The first kappa shape index (κ1) is 14.5. The molecule has 1 heterocycles. The van der Waals surface area contributed by atoms with E-state index >= 15 is 0 Å². The minimum atomic E-state index is -1.08. The second-order valence-electron chi connectivity index (χ2n) is 4.17. The number of hydrogen-bond acceptors (Lipinski definition) is 6. The summed E-state index contributed by atoms with van der Waals surface area (Å²) in [5.41, 5.74) is 0.778. The number of aromatic carboxylic acids is 1. The van der Waals surface area contributed by atoms with Crippen LogP contribution in [0.1, 0.15) is 16.1 Å². The van der Waals surface area contributed by atoms with E-state index in [0.29, 0.717) is 23.9 Å². The summed E-state index contributed by atoms with van der Waals surface area (Å²) in [6.07, 6.45) is 0. The fourth-order valence-electron chi connectivity index (χ4n) is 1.76. The van der Waals surface area contributed by atoms with Crippen molar-refractivity contribution in [3.8, 4) is 17.2 Å². The van der Waals surface area contributed by atoms with Crippen molar-refractivity contribution < 1.29 is 24.5 Å². The van der Waals surface area contributed by atoms with Crippen LogP contribution in [0.2, 0.25) is 0 Å². The number of carboxylic acid groups (broad SMARTS) is 1. The van der Waals surface area contributed by atoms with Gasteiger partial charge in [-0.2, -0.15) is 5.10 Å². The van der Waals surface area contributed by atoms with Crippen LogP contribution >= 0.6 is 0 Å². The average molecular weight is 293 g/mol. The van der Waals surface area contributed by atoms with Gasteiger partial charge in [0.1, 0.15) is 11.5 Å². The number of aromatic amines is 1. The van der Waals surface area contributed by atoms with Gasteiger partial charge in [-0.25, -0.2) is 4.79 Å². The van der Waals surface area contributed by atoms with Crippen molar-refractivity contribution in [2.75, 3.05) is 19.5 Å². The Bertz CT molecular complexity index is 628. The number of aromatic nitrogens is 2. The molecule has 1 aromatic heterocycles. The Balaban J connectivity index is 2.13. The molecule has 0 aliphatic rings. The summed E-state index contributed by atoms with van der Waals surface area (Å²) < 4.78 is 10.1. The molecule has 0 saturated heterocycles. The number of phenolic OH excluding ortho intramolecular Hbond substituents is 1. The topological polar surface area (TPSA) is 117 Å². The Labute approximate surface area is 120 Å². The third kappa shape index (κ3) is 3.16. The van der Waals surface area contributed by atoms with Crippen LogP contribution in [-0.4, -0.2) is 40.6 Å². The van der Waals surface area contributed by atoms with Crippen LogP contribution in [0.3, 0.4) is 0 Å². The van der Waals surface area contributed by atoms with Crippen molar-refractivity contribution in [2.45, 2.75) is 6.54 Å². The third-order valence-corrected chi connectivity index (χ3v) is 2.82. The first-order valence-electron chi connectivity index (χ1n) is 6.01. The Hall–Kier alpha value is -2.90. The fraction of sp³-hybridized carbons (Fsp3) is 0.231. The lowest BCUT2D eigenvalue weighted by Gasteiger charge is -2.11. The number of ether oxygens (including phenoxy) is 2. The predicted molar refractivity (Wildman–Crippen MR) is 74.1 cm³/mol. The minimum absolute atomic E-state index is 0.00151. The Morgan fingerprint density at radius 1 is 1.29 bits per heavy atom. The van der Waals surface area contributed by atoms with Crippen molar-refractivity contribution in [2.24, 2.45) is 0 Å². The molecule has 0 unspecified atom stereocenters. The quantitative estimate of drug-likeness (QED) is 0.636. The van der Waals surface area contributed by atoms with E-state index in [1.165, 1.54) is 20.3 Å². The number of nitrogens with zero attached hydrogens (tertiary/aromatic N) is 1. The Kier molecular flexibility index (Phi) is 4.17. The smallest absolute Gasteiger partial charge is 0.353 e. The summed E-state index contributed by atoms with van der Waals surface area (Å²) in [5.74, 6) is -0.169. The number of phenols is 1. The molecule has 0 aliphatic heterocycles. The molecular formula is C13H15N3O5. The molecule has 2 rings (SSSR count). The summed E-state index contributed by atoms with van der Waals surface area (Å²) in [6, 6.07) is 4.68. The van der Waals surface area contributed by atoms with E-state index in [1.54, 1.807) is 12.1 Å². The summed E-state index contributed by atoms with van der Waals surface area (Å²) >= 11 is 0. The number of methoxy groups -OCH3 is 2. The SMILES string of the molecule is COc1cc(CNc2cc(C(=O)O)[nH]n2)cc(OC)c1O. The molecule has 112 valence electrons. The van der Waals surface area contributed by atoms with Crippen LogP contribution < -0.4 is 14.8 Å². The first-order chi connectivity index (χ1) is 10.0. The molecule has 0 radical (unpaired) electrons. The van der Waals surface area contributed by atoms with Gasteiger partial charge in [-0.15, -0.1) is 0 Å². The molecule has 0 bridgehead atoms. The molecule has 21 heavy (non-hydrogen) atoms. The summed E-state index contributed by atoms with van der Waals surface area (Å²) in [7, 11) is 2.89. The van der Waals surface area contributed by atoms with Crippen LogP contribution in [0.5, 0.6) is 17.2 Å². The molecule has 4 N–H and O–H groups in total. The Morgan fingerprint density at radius 2 is 1.90 bits per heavy atom. The maximum atomic E-state index is 10.7. The second kappa shape index (κ2) is 6.04. The fourth-order valence-corrected chi connectivity index (χ4v) is 1.76. The number of H-pyrrole nitrogens is 1. The lowest BCUT2D eigenvalue weighted by atomic mass is 10.2. The van der Waals surface area contributed by atoms with Crippen molar-refractivity contribution in [3.63, 3.8) is 0 Å². The standard InChI is InChI=1S/C13H15N3O5/c1-20-9-3-7(4-10(21-2)12(9)17)6-14-11-5-8(13(18)19)15-16-11/h3-5,17H,6H2,1-2H3,(H,18,19)(H2,14,15,16). The number of carbonyl (C=O) groups is 1. The number of nitrogens with one attached hydrogen (secondary N) is 2.